The first kappa shape index (κ1) is 26.4. The molecule has 30 heavy (non-hydrogen) atoms. The topological polar surface area (TPSA) is 87.4 Å². The lowest BCUT2D eigenvalue weighted by molar-refractivity contribution is 0.181. The van der Waals surface area contributed by atoms with Gasteiger partial charge in [0.15, 0.2) is 11.8 Å². The number of halogens is 1. The van der Waals surface area contributed by atoms with E-state index in [-0.39, 0.29) is 29.4 Å². The highest BCUT2D eigenvalue weighted by Gasteiger charge is 2.15. The van der Waals surface area contributed by atoms with Crippen LogP contribution in [0.2, 0.25) is 0 Å². The summed E-state index contributed by atoms with van der Waals surface area (Å²) in [6.07, 6.45) is 1.55. The molecule has 8 heteroatoms. The molecule has 1 heterocycles. The highest BCUT2D eigenvalue weighted by molar-refractivity contribution is 14.0. The van der Waals surface area contributed by atoms with E-state index in [4.69, 9.17) is 0 Å². The normalized spacial score (nSPS) is 13.0. The number of guanidine groups is 1. The molecular formula is C22H37IN6O. The first-order valence-electron chi connectivity index (χ1n) is 10.4. The summed E-state index contributed by atoms with van der Waals surface area (Å²) >= 11 is 0. The number of benzene rings is 1. The van der Waals surface area contributed by atoms with Crippen LogP contribution in [0.5, 0.6) is 0 Å². The van der Waals surface area contributed by atoms with Crippen LogP contribution in [-0.4, -0.2) is 38.9 Å². The highest BCUT2D eigenvalue weighted by atomic mass is 127. The van der Waals surface area contributed by atoms with Crippen molar-refractivity contribution in [1.29, 1.82) is 0 Å². The van der Waals surface area contributed by atoms with Gasteiger partial charge in [0.25, 0.3) is 0 Å². The van der Waals surface area contributed by atoms with E-state index < -0.39 is 6.10 Å². The zero-order valence-corrected chi connectivity index (χ0v) is 21.4. The maximum atomic E-state index is 10.6. The molecule has 0 radical (unpaired) electrons. The minimum absolute atomic E-state index is 0. The van der Waals surface area contributed by atoms with Gasteiger partial charge in [0.05, 0.1) is 6.10 Å². The number of aromatic nitrogens is 3. The second kappa shape index (κ2) is 12.2. The molecule has 3 N–H and O–H groups in total. The van der Waals surface area contributed by atoms with Gasteiger partial charge < -0.3 is 20.3 Å². The number of nitrogens with zero attached hydrogens (tertiary/aromatic N) is 4. The summed E-state index contributed by atoms with van der Waals surface area (Å²) in [4.78, 5) is 4.61. The summed E-state index contributed by atoms with van der Waals surface area (Å²) in [6.45, 7) is 12.3. The third-order valence-corrected chi connectivity index (χ3v) is 5.01. The van der Waals surface area contributed by atoms with Gasteiger partial charge in [-0.15, -0.1) is 34.2 Å². The molecule has 1 aromatic carbocycles. The number of hydrogen-bond donors (Lipinski definition) is 3. The lowest BCUT2D eigenvalue weighted by Gasteiger charge is -2.20. The number of nitrogens with one attached hydrogen (secondary N) is 2. The maximum Gasteiger partial charge on any atom is 0.191 e. The van der Waals surface area contributed by atoms with E-state index in [1.54, 1.807) is 0 Å². The fourth-order valence-electron chi connectivity index (χ4n) is 2.81. The molecule has 0 aliphatic heterocycles. The molecule has 1 unspecified atom stereocenters. The Bertz CT molecular complexity index is 795. The molecule has 1 aromatic heterocycles. The van der Waals surface area contributed by atoms with Gasteiger partial charge in [0, 0.05) is 20.1 Å². The molecule has 0 saturated heterocycles. The Kier molecular flexibility index (Phi) is 10.8. The van der Waals surface area contributed by atoms with Crippen molar-refractivity contribution in [2.45, 2.75) is 65.5 Å². The molecule has 0 bridgehead atoms. The first-order valence-corrected chi connectivity index (χ1v) is 10.4. The zero-order chi connectivity index (χ0) is 21.4. The van der Waals surface area contributed by atoms with E-state index in [0.29, 0.717) is 19.0 Å². The molecule has 0 aliphatic carbocycles. The second-order valence-electron chi connectivity index (χ2n) is 8.44. The SMILES string of the molecule is CCCCNC(=NCc1nnc(C)n1C)NCC(O)c1ccc(C(C)(C)C)cc1.I. The van der Waals surface area contributed by atoms with Gasteiger partial charge in [-0.1, -0.05) is 58.4 Å². The Morgan fingerprint density at radius 2 is 1.83 bits per heavy atom. The van der Waals surface area contributed by atoms with Crippen LogP contribution < -0.4 is 10.6 Å². The van der Waals surface area contributed by atoms with Crippen LogP contribution in [-0.2, 0) is 19.0 Å². The van der Waals surface area contributed by atoms with Gasteiger partial charge in [0.2, 0.25) is 0 Å². The molecule has 7 nitrogen and oxygen atoms in total. The number of rotatable bonds is 8. The fourth-order valence-corrected chi connectivity index (χ4v) is 2.81. The van der Waals surface area contributed by atoms with Gasteiger partial charge in [-0.05, 0) is 29.9 Å². The van der Waals surface area contributed by atoms with Crippen molar-refractivity contribution >= 4 is 29.9 Å². The molecule has 2 aromatic rings. The van der Waals surface area contributed by atoms with Crippen molar-refractivity contribution in [3.63, 3.8) is 0 Å². The van der Waals surface area contributed by atoms with Crippen LogP contribution in [0, 0.1) is 6.92 Å². The van der Waals surface area contributed by atoms with Crippen LogP contribution in [0.4, 0.5) is 0 Å². The summed E-state index contributed by atoms with van der Waals surface area (Å²) in [6, 6.07) is 8.17. The predicted molar refractivity (Wildman–Crippen MR) is 133 cm³/mol. The minimum Gasteiger partial charge on any atom is -0.387 e. The van der Waals surface area contributed by atoms with E-state index >= 15 is 0 Å². The average molecular weight is 528 g/mol. The molecule has 0 saturated carbocycles. The number of aliphatic hydroxyl groups excluding tert-OH is 1. The quantitative estimate of drug-likeness (QED) is 0.211. The Morgan fingerprint density at radius 3 is 2.37 bits per heavy atom. The Morgan fingerprint density at radius 1 is 1.17 bits per heavy atom. The molecule has 1 atom stereocenters. The molecule has 0 aliphatic rings. The second-order valence-corrected chi connectivity index (χ2v) is 8.44. The fraction of sp³-hybridized carbons (Fsp3) is 0.591. The van der Waals surface area contributed by atoms with Gasteiger partial charge in [0.1, 0.15) is 12.4 Å². The van der Waals surface area contributed by atoms with Crippen LogP contribution in [0.1, 0.15) is 69.4 Å². The number of aryl methyl sites for hydroxylation is 1. The smallest absolute Gasteiger partial charge is 0.191 e. The van der Waals surface area contributed by atoms with Crippen molar-refractivity contribution in [3.8, 4) is 0 Å². The van der Waals surface area contributed by atoms with E-state index in [1.165, 1.54) is 5.56 Å². The van der Waals surface area contributed by atoms with Crippen molar-refractivity contribution < 1.29 is 5.11 Å². The monoisotopic (exact) mass is 528 g/mol. The van der Waals surface area contributed by atoms with Crippen LogP contribution in [0.3, 0.4) is 0 Å². The third kappa shape index (κ3) is 7.86. The van der Waals surface area contributed by atoms with Crippen molar-refractivity contribution in [2.75, 3.05) is 13.1 Å². The number of unbranched alkanes of at least 4 members (excludes halogenated alkanes) is 1. The molecule has 0 spiro atoms. The third-order valence-electron chi connectivity index (χ3n) is 5.01. The van der Waals surface area contributed by atoms with E-state index in [0.717, 1.165) is 36.6 Å². The average Bonchev–Trinajstić information content (AvgIpc) is 3.01. The standard InChI is InChI=1S/C22H36N6O.HI/c1-7-8-13-23-21(25-15-20-27-26-16(2)28(20)6)24-14-19(29)17-9-11-18(12-10-17)22(3,4)5;/h9-12,19,29H,7-8,13-15H2,1-6H3,(H2,23,24,25);1H. The summed E-state index contributed by atoms with van der Waals surface area (Å²) < 4.78 is 1.93. The zero-order valence-electron chi connectivity index (χ0n) is 19.1. The van der Waals surface area contributed by atoms with Crippen LogP contribution >= 0.6 is 24.0 Å². The van der Waals surface area contributed by atoms with Gasteiger partial charge in [-0.3, -0.25) is 0 Å². The van der Waals surface area contributed by atoms with E-state index in [9.17, 15) is 5.11 Å². The molecule has 2 rings (SSSR count). The lowest BCUT2D eigenvalue weighted by Crippen LogP contribution is -2.40. The largest absolute Gasteiger partial charge is 0.387 e. The summed E-state index contributed by atoms with van der Waals surface area (Å²) in [5.41, 5.74) is 2.24. The Labute approximate surface area is 197 Å². The molecular weight excluding hydrogens is 491 g/mol. The van der Waals surface area contributed by atoms with Crippen LogP contribution in [0.25, 0.3) is 0 Å². The molecule has 0 amide bonds. The summed E-state index contributed by atoms with van der Waals surface area (Å²) in [5.74, 6) is 2.33. The van der Waals surface area contributed by atoms with Crippen LogP contribution in [0.15, 0.2) is 29.3 Å². The highest BCUT2D eigenvalue weighted by Crippen LogP contribution is 2.23. The van der Waals surface area contributed by atoms with Gasteiger partial charge >= 0.3 is 0 Å². The molecule has 0 fully saturated rings. The van der Waals surface area contributed by atoms with Gasteiger partial charge in [-0.2, -0.15) is 0 Å². The van der Waals surface area contributed by atoms with Gasteiger partial charge in [-0.25, -0.2) is 4.99 Å². The molecule has 168 valence electrons. The minimum atomic E-state index is -0.612. The number of hydrogen-bond acceptors (Lipinski definition) is 4. The van der Waals surface area contributed by atoms with E-state index in [1.807, 2.05) is 30.7 Å². The summed E-state index contributed by atoms with van der Waals surface area (Å²) in [5, 5.41) is 25.4. The summed E-state index contributed by atoms with van der Waals surface area (Å²) in [7, 11) is 1.93. The number of aliphatic imine (C=N–C) groups is 1. The first-order chi connectivity index (χ1) is 13.7. The lowest BCUT2D eigenvalue weighted by atomic mass is 9.86. The number of aliphatic hydroxyl groups is 1. The Hall–Kier alpha value is -1.68. The van der Waals surface area contributed by atoms with Crippen molar-refractivity contribution in [3.05, 3.63) is 47.0 Å². The van der Waals surface area contributed by atoms with Crippen molar-refractivity contribution in [2.24, 2.45) is 12.0 Å². The van der Waals surface area contributed by atoms with Crippen molar-refractivity contribution in [1.82, 2.24) is 25.4 Å². The van der Waals surface area contributed by atoms with E-state index in [2.05, 4.69) is 65.7 Å². The maximum absolute atomic E-state index is 10.6. The predicted octanol–water partition coefficient (Wildman–Crippen LogP) is 3.61. The Balaban J connectivity index is 0.00000450.